The van der Waals surface area contributed by atoms with Crippen molar-refractivity contribution in [2.24, 2.45) is 16.5 Å². The number of carboxylic acid groups (broad SMARTS) is 1. The molecule has 178 valence electrons. The summed E-state index contributed by atoms with van der Waals surface area (Å²) >= 11 is 6.90. The summed E-state index contributed by atoms with van der Waals surface area (Å²) < 4.78 is 31.0. The minimum atomic E-state index is -2.95. The number of carbonyl (C=O) groups is 1. The maximum absolute atomic E-state index is 13.0. The van der Waals surface area contributed by atoms with Crippen LogP contribution in [-0.2, 0) is 12.5 Å². The van der Waals surface area contributed by atoms with E-state index in [0.717, 1.165) is 24.7 Å². The normalized spacial score (nSPS) is 10.9. The van der Waals surface area contributed by atoms with Crippen molar-refractivity contribution < 1.29 is 23.1 Å². The van der Waals surface area contributed by atoms with Crippen molar-refractivity contribution in [2.75, 3.05) is 0 Å². The van der Waals surface area contributed by atoms with Crippen molar-refractivity contribution in [3.8, 4) is 11.3 Å². The highest BCUT2D eigenvalue weighted by Gasteiger charge is 2.27. The van der Waals surface area contributed by atoms with Crippen LogP contribution >= 0.6 is 22.9 Å². The molecular formula is C19H17ClF2N8O3S. The highest BCUT2D eigenvalue weighted by molar-refractivity contribution is 7.09. The van der Waals surface area contributed by atoms with E-state index in [2.05, 4.69) is 25.2 Å². The van der Waals surface area contributed by atoms with E-state index in [-0.39, 0.29) is 35.5 Å². The van der Waals surface area contributed by atoms with Gasteiger partial charge in [-0.25, -0.2) is 14.8 Å². The molecule has 0 amide bonds. The number of aliphatic imine (C=N–C) groups is 1. The Morgan fingerprint density at radius 3 is 2.76 bits per heavy atom. The van der Waals surface area contributed by atoms with E-state index in [9.17, 15) is 13.6 Å². The molecule has 4 aromatic rings. The topological polar surface area (TPSA) is 171 Å². The Bertz CT molecular complexity index is 1310. The number of guanidine groups is 1. The number of halogens is 3. The monoisotopic (exact) mass is 510 g/mol. The summed E-state index contributed by atoms with van der Waals surface area (Å²) in [4.78, 5) is 23.2. The van der Waals surface area contributed by atoms with Crippen LogP contribution in [0.5, 0.6) is 0 Å². The molecule has 0 aliphatic heterocycles. The largest absolute Gasteiger partial charge is 0.476 e. The maximum Gasteiger partial charge on any atom is 0.358 e. The van der Waals surface area contributed by atoms with E-state index < -0.39 is 11.9 Å². The number of aromatic carboxylic acids is 1. The van der Waals surface area contributed by atoms with Crippen LogP contribution in [0.25, 0.3) is 11.3 Å². The second kappa shape index (κ2) is 10.4. The zero-order chi connectivity index (χ0) is 24.9. The van der Waals surface area contributed by atoms with E-state index in [1.165, 1.54) is 16.4 Å². The molecule has 1 aromatic carbocycles. The number of nitrogens with two attached hydrogens (primary N) is 2. The van der Waals surface area contributed by atoms with Crippen molar-refractivity contribution in [3.05, 3.63) is 63.7 Å². The van der Waals surface area contributed by atoms with E-state index in [4.69, 9.17) is 32.6 Å². The van der Waals surface area contributed by atoms with Gasteiger partial charge in [0.2, 0.25) is 0 Å². The third-order valence-corrected chi connectivity index (χ3v) is 4.97. The summed E-state index contributed by atoms with van der Waals surface area (Å²) in [6, 6.07) is 6.74. The number of alkyl halides is 2. The SMILES string of the molecule is CC(F)(F)c1csc(Cn2ncc(N=C(N)N)n2)n1.O=C(O)c1ncoc1-c1cccc(Cl)c1. The molecule has 0 atom stereocenters. The van der Waals surface area contributed by atoms with Gasteiger partial charge in [-0.05, 0) is 12.1 Å². The van der Waals surface area contributed by atoms with Crippen molar-refractivity contribution in [1.82, 2.24) is 25.0 Å². The maximum atomic E-state index is 13.0. The van der Waals surface area contributed by atoms with Crippen LogP contribution in [0.3, 0.4) is 0 Å². The molecule has 0 bridgehead atoms. The van der Waals surface area contributed by atoms with Gasteiger partial charge in [-0.3, -0.25) is 0 Å². The second-order valence-electron chi connectivity index (χ2n) is 6.63. The molecule has 0 saturated heterocycles. The first-order valence-corrected chi connectivity index (χ1v) is 10.5. The summed E-state index contributed by atoms with van der Waals surface area (Å²) in [6.45, 7) is 0.982. The van der Waals surface area contributed by atoms with E-state index in [0.29, 0.717) is 15.6 Å². The highest BCUT2D eigenvalue weighted by Crippen LogP contribution is 2.28. The molecule has 0 spiro atoms. The molecule has 34 heavy (non-hydrogen) atoms. The van der Waals surface area contributed by atoms with Crippen molar-refractivity contribution in [2.45, 2.75) is 19.4 Å². The van der Waals surface area contributed by atoms with Gasteiger partial charge in [0.15, 0.2) is 29.6 Å². The highest BCUT2D eigenvalue weighted by atomic mass is 35.5. The van der Waals surface area contributed by atoms with Gasteiger partial charge in [-0.2, -0.15) is 23.7 Å². The number of hydrogen-bond donors (Lipinski definition) is 3. The van der Waals surface area contributed by atoms with Crippen molar-refractivity contribution >= 4 is 40.7 Å². The Morgan fingerprint density at radius 1 is 1.38 bits per heavy atom. The van der Waals surface area contributed by atoms with Crippen LogP contribution in [0, 0.1) is 0 Å². The second-order valence-corrected chi connectivity index (χ2v) is 8.01. The zero-order valence-electron chi connectivity index (χ0n) is 17.4. The molecule has 0 aliphatic rings. The number of aromatic nitrogens is 5. The van der Waals surface area contributed by atoms with Gasteiger partial charge in [-0.1, -0.05) is 23.7 Å². The first-order valence-electron chi connectivity index (χ1n) is 9.28. The standard InChI is InChI=1S/C10H6ClNO3.C9H11F2N7S/c11-7-3-1-2-6(4-7)9-8(10(13)14)12-5-15-9;1-9(10,11)5-4-19-7(15-5)3-18-14-2-6(17-18)16-8(12)13/h1-5H,(H,13,14);2,4H,3H2,1H3,(H4,12,13,16,17). The van der Waals surface area contributed by atoms with Crippen LogP contribution in [0.15, 0.2) is 51.6 Å². The lowest BCUT2D eigenvalue weighted by Gasteiger charge is -2.04. The van der Waals surface area contributed by atoms with E-state index in [1.807, 2.05) is 0 Å². The Kier molecular flexibility index (Phi) is 7.53. The number of oxazole rings is 1. The molecule has 0 saturated carbocycles. The summed E-state index contributed by atoms with van der Waals surface area (Å²) in [7, 11) is 0. The molecular weight excluding hydrogens is 494 g/mol. The van der Waals surface area contributed by atoms with Gasteiger partial charge in [-0.15, -0.1) is 16.4 Å². The van der Waals surface area contributed by atoms with Crippen LogP contribution in [0.2, 0.25) is 5.02 Å². The molecule has 3 heterocycles. The molecule has 15 heteroatoms. The lowest BCUT2D eigenvalue weighted by molar-refractivity contribution is 0.0132. The average molecular weight is 511 g/mol. The van der Waals surface area contributed by atoms with Gasteiger partial charge in [0.25, 0.3) is 5.92 Å². The van der Waals surface area contributed by atoms with Crippen LogP contribution in [0.4, 0.5) is 14.6 Å². The molecule has 0 fully saturated rings. The van der Waals surface area contributed by atoms with Gasteiger partial charge >= 0.3 is 5.97 Å². The molecule has 11 nitrogen and oxygen atoms in total. The number of rotatable bonds is 6. The fourth-order valence-electron chi connectivity index (χ4n) is 2.49. The van der Waals surface area contributed by atoms with Crippen molar-refractivity contribution in [1.29, 1.82) is 0 Å². The van der Waals surface area contributed by atoms with E-state index in [1.54, 1.807) is 24.3 Å². The quantitative estimate of drug-likeness (QED) is 0.259. The number of hydrogen-bond acceptors (Lipinski definition) is 8. The van der Waals surface area contributed by atoms with Gasteiger partial charge < -0.3 is 21.0 Å². The lowest BCUT2D eigenvalue weighted by Crippen LogP contribution is -2.21. The Balaban J connectivity index is 0.000000196. The molecule has 5 N–H and O–H groups in total. The molecule has 4 rings (SSSR count). The Morgan fingerprint density at radius 2 is 2.15 bits per heavy atom. The average Bonchev–Trinajstić information content (AvgIpc) is 3.48. The third-order valence-electron chi connectivity index (χ3n) is 3.90. The van der Waals surface area contributed by atoms with Crippen molar-refractivity contribution in [3.63, 3.8) is 0 Å². The fraction of sp³-hybridized carbons (Fsp3) is 0.158. The molecule has 3 aromatic heterocycles. The Labute approximate surface area is 199 Å². The summed E-state index contributed by atoms with van der Waals surface area (Å²) in [5, 5.41) is 19.0. The van der Waals surface area contributed by atoms with Gasteiger partial charge in [0, 0.05) is 22.9 Å². The minimum absolute atomic E-state index is 0.114. The van der Waals surface area contributed by atoms with E-state index >= 15 is 0 Å². The van der Waals surface area contributed by atoms with Gasteiger partial charge in [0.1, 0.15) is 17.2 Å². The predicted molar refractivity (Wildman–Crippen MR) is 120 cm³/mol. The Hall–Kier alpha value is -3.91. The fourth-order valence-corrected chi connectivity index (χ4v) is 3.53. The van der Waals surface area contributed by atoms with Crippen LogP contribution in [-0.4, -0.2) is 42.0 Å². The minimum Gasteiger partial charge on any atom is -0.476 e. The third kappa shape index (κ3) is 6.55. The first-order chi connectivity index (χ1) is 16.0. The number of benzene rings is 1. The summed E-state index contributed by atoms with van der Waals surface area (Å²) in [6.07, 6.45) is 2.46. The summed E-state index contributed by atoms with van der Waals surface area (Å²) in [5.74, 6) is -3.74. The van der Waals surface area contributed by atoms with Gasteiger partial charge in [0.05, 0.1) is 6.20 Å². The first kappa shape index (κ1) is 24.7. The number of nitrogens with zero attached hydrogens (tertiary/aromatic N) is 6. The summed E-state index contributed by atoms with van der Waals surface area (Å²) in [5.41, 5.74) is 10.6. The number of carboxylic acids is 1. The van der Waals surface area contributed by atoms with Crippen LogP contribution < -0.4 is 11.5 Å². The van der Waals surface area contributed by atoms with Crippen LogP contribution in [0.1, 0.15) is 28.1 Å². The predicted octanol–water partition coefficient (Wildman–Crippen LogP) is 3.49. The smallest absolute Gasteiger partial charge is 0.358 e. The lowest BCUT2D eigenvalue weighted by atomic mass is 10.1. The molecule has 0 radical (unpaired) electrons. The molecule has 0 unspecified atom stereocenters. The zero-order valence-corrected chi connectivity index (χ0v) is 19.0. The number of thiazole rings is 1. The molecule has 0 aliphatic carbocycles.